The lowest BCUT2D eigenvalue weighted by molar-refractivity contribution is 0.275. The van der Waals surface area contributed by atoms with E-state index in [1.807, 2.05) is 4.68 Å². The second-order valence-corrected chi connectivity index (χ2v) is 4.88. The Labute approximate surface area is 99.2 Å². The summed E-state index contributed by atoms with van der Waals surface area (Å²) in [7, 11) is 0. The number of anilines is 1. The van der Waals surface area contributed by atoms with Crippen LogP contribution in [0.2, 0.25) is 0 Å². The Morgan fingerprint density at radius 1 is 1.24 bits per heavy atom. The van der Waals surface area contributed by atoms with Crippen molar-refractivity contribution in [2.24, 2.45) is 5.92 Å². The van der Waals surface area contributed by atoms with Gasteiger partial charge in [0.2, 0.25) is 0 Å². The Morgan fingerprint density at radius 3 is 2.76 bits per heavy atom. The summed E-state index contributed by atoms with van der Waals surface area (Å²) < 4.78 is 1.92. The maximum atomic E-state index is 5.75. The normalized spacial score (nSPS) is 25.2. The van der Waals surface area contributed by atoms with Crippen LogP contribution in [0.3, 0.4) is 0 Å². The maximum Gasteiger partial charge on any atom is 0.184 e. The van der Waals surface area contributed by atoms with Gasteiger partial charge in [0.1, 0.15) is 6.33 Å². The van der Waals surface area contributed by atoms with Crippen LogP contribution in [0.25, 0.3) is 11.2 Å². The standard InChI is InChI=1S/C11H16N6/c1-7-2-4-8(5-3-7)17-11-9(15-16-17)10(12)13-6-14-11/h6-8H,2-5H2,1H3,(H2,12,13,14)/t7-,8-. The molecule has 1 fully saturated rings. The highest BCUT2D eigenvalue weighted by Gasteiger charge is 2.23. The third kappa shape index (κ3) is 1.73. The largest absolute Gasteiger partial charge is 0.382 e. The van der Waals surface area contributed by atoms with Gasteiger partial charge in [-0.3, -0.25) is 0 Å². The molecular formula is C11H16N6. The van der Waals surface area contributed by atoms with E-state index in [9.17, 15) is 0 Å². The van der Waals surface area contributed by atoms with E-state index in [2.05, 4.69) is 27.2 Å². The Hall–Kier alpha value is -1.72. The van der Waals surface area contributed by atoms with Crippen LogP contribution in [0, 0.1) is 5.92 Å². The molecular weight excluding hydrogens is 216 g/mol. The summed E-state index contributed by atoms with van der Waals surface area (Å²) >= 11 is 0. The minimum Gasteiger partial charge on any atom is -0.382 e. The van der Waals surface area contributed by atoms with Gasteiger partial charge in [-0.1, -0.05) is 12.1 Å². The summed E-state index contributed by atoms with van der Waals surface area (Å²) in [6.45, 7) is 2.30. The molecule has 0 aromatic carbocycles. The first-order valence-corrected chi connectivity index (χ1v) is 6.07. The van der Waals surface area contributed by atoms with Gasteiger partial charge in [-0.05, 0) is 31.6 Å². The molecule has 1 saturated carbocycles. The first-order valence-electron chi connectivity index (χ1n) is 6.07. The van der Waals surface area contributed by atoms with Crippen LogP contribution in [0.15, 0.2) is 6.33 Å². The molecule has 3 rings (SSSR count). The molecule has 0 spiro atoms. The van der Waals surface area contributed by atoms with Crippen molar-refractivity contribution in [1.82, 2.24) is 25.0 Å². The summed E-state index contributed by atoms with van der Waals surface area (Å²) in [6, 6.07) is 0.408. The van der Waals surface area contributed by atoms with Gasteiger partial charge in [0.15, 0.2) is 17.0 Å². The third-order valence-corrected chi connectivity index (χ3v) is 3.62. The van der Waals surface area contributed by atoms with E-state index in [1.54, 1.807) is 0 Å². The molecule has 0 amide bonds. The predicted molar refractivity (Wildman–Crippen MR) is 64.2 cm³/mol. The summed E-state index contributed by atoms with van der Waals surface area (Å²) in [5, 5.41) is 8.26. The number of hydrogen-bond donors (Lipinski definition) is 1. The second-order valence-electron chi connectivity index (χ2n) is 4.88. The van der Waals surface area contributed by atoms with Crippen molar-refractivity contribution in [3.8, 4) is 0 Å². The quantitative estimate of drug-likeness (QED) is 0.806. The topological polar surface area (TPSA) is 82.5 Å². The van der Waals surface area contributed by atoms with Gasteiger partial charge in [0.05, 0.1) is 6.04 Å². The van der Waals surface area contributed by atoms with Crippen LogP contribution in [0.5, 0.6) is 0 Å². The van der Waals surface area contributed by atoms with E-state index < -0.39 is 0 Å². The lowest BCUT2D eigenvalue weighted by Gasteiger charge is -2.25. The average molecular weight is 232 g/mol. The van der Waals surface area contributed by atoms with Crippen molar-refractivity contribution in [1.29, 1.82) is 0 Å². The van der Waals surface area contributed by atoms with E-state index in [0.29, 0.717) is 17.4 Å². The lowest BCUT2D eigenvalue weighted by atomic mass is 9.87. The first kappa shape index (κ1) is 10.4. The summed E-state index contributed by atoms with van der Waals surface area (Å²) in [6.07, 6.45) is 6.25. The number of nitrogens with zero attached hydrogens (tertiary/aromatic N) is 5. The predicted octanol–water partition coefficient (Wildman–Crippen LogP) is 1.55. The van der Waals surface area contributed by atoms with Crippen molar-refractivity contribution in [3.05, 3.63) is 6.33 Å². The number of hydrogen-bond acceptors (Lipinski definition) is 5. The summed E-state index contributed by atoms with van der Waals surface area (Å²) in [5.41, 5.74) is 7.13. The highest BCUT2D eigenvalue weighted by molar-refractivity contribution is 5.80. The minimum absolute atomic E-state index is 0.408. The van der Waals surface area contributed by atoms with Gasteiger partial charge < -0.3 is 5.73 Å². The Morgan fingerprint density at radius 2 is 2.00 bits per heavy atom. The van der Waals surface area contributed by atoms with Gasteiger partial charge in [0, 0.05) is 0 Å². The molecule has 1 aliphatic rings. The van der Waals surface area contributed by atoms with Gasteiger partial charge in [-0.2, -0.15) is 0 Å². The molecule has 0 atom stereocenters. The molecule has 0 saturated heterocycles. The zero-order chi connectivity index (χ0) is 11.8. The lowest BCUT2D eigenvalue weighted by Crippen LogP contribution is -2.18. The zero-order valence-corrected chi connectivity index (χ0v) is 9.87. The van der Waals surface area contributed by atoms with Crippen LogP contribution < -0.4 is 5.73 Å². The highest BCUT2D eigenvalue weighted by atomic mass is 15.5. The third-order valence-electron chi connectivity index (χ3n) is 3.62. The Kier molecular flexibility index (Phi) is 2.42. The number of rotatable bonds is 1. The molecule has 1 aliphatic carbocycles. The summed E-state index contributed by atoms with van der Waals surface area (Å²) in [5.74, 6) is 1.23. The van der Waals surface area contributed by atoms with Crippen molar-refractivity contribution in [2.45, 2.75) is 38.6 Å². The molecule has 17 heavy (non-hydrogen) atoms. The van der Waals surface area contributed by atoms with Gasteiger partial charge in [0.25, 0.3) is 0 Å². The maximum absolute atomic E-state index is 5.75. The summed E-state index contributed by atoms with van der Waals surface area (Å²) in [4.78, 5) is 8.17. The van der Waals surface area contributed by atoms with Crippen LogP contribution in [0.1, 0.15) is 38.6 Å². The molecule has 2 N–H and O–H groups in total. The molecule has 6 nitrogen and oxygen atoms in total. The molecule has 0 unspecified atom stereocenters. The van der Waals surface area contributed by atoms with E-state index in [0.717, 1.165) is 24.4 Å². The monoisotopic (exact) mass is 232 g/mol. The van der Waals surface area contributed by atoms with Crippen LogP contribution in [0.4, 0.5) is 5.82 Å². The van der Waals surface area contributed by atoms with E-state index in [1.165, 1.54) is 19.2 Å². The Bertz CT molecular complexity index is 526. The SMILES string of the molecule is C[C@H]1CC[C@H](n2nnc3c(N)ncnc32)CC1. The van der Waals surface area contributed by atoms with Gasteiger partial charge in [-0.15, -0.1) is 5.10 Å². The molecule has 0 aliphatic heterocycles. The van der Waals surface area contributed by atoms with E-state index in [-0.39, 0.29) is 0 Å². The number of fused-ring (bicyclic) bond motifs is 1. The zero-order valence-electron chi connectivity index (χ0n) is 9.87. The van der Waals surface area contributed by atoms with Crippen molar-refractivity contribution >= 4 is 17.0 Å². The Balaban J connectivity index is 1.98. The first-order chi connectivity index (χ1) is 8.25. The molecule has 2 aromatic heterocycles. The fourth-order valence-electron chi connectivity index (χ4n) is 2.51. The molecule has 0 bridgehead atoms. The minimum atomic E-state index is 0.408. The van der Waals surface area contributed by atoms with Gasteiger partial charge in [-0.25, -0.2) is 14.6 Å². The molecule has 6 heteroatoms. The molecule has 90 valence electrons. The van der Waals surface area contributed by atoms with Crippen molar-refractivity contribution in [3.63, 3.8) is 0 Å². The van der Waals surface area contributed by atoms with Gasteiger partial charge >= 0.3 is 0 Å². The van der Waals surface area contributed by atoms with Crippen LogP contribution in [-0.4, -0.2) is 25.0 Å². The number of aromatic nitrogens is 5. The fraction of sp³-hybridized carbons (Fsp3) is 0.636. The molecule has 2 aromatic rings. The van der Waals surface area contributed by atoms with Crippen LogP contribution >= 0.6 is 0 Å². The number of nitrogens with two attached hydrogens (primary N) is 1. The molecule has 2 heterocycles. The smallest absolute Gasteiger partial charge is 0.184 e. The molecule has 0 radical (unpaired) electrons. The highest BCUT2D eigenvalue weighted by Crippen LogP contribution is 2.32. The average Bonchev–Trinajstić information content (AvgIpc) is 2.75. The fourth-order valence-corrected chi connectivity index (χ4v) is 2.51. The van der Waals surface area contributed by atoms with E-state index in [4.69, 9.17) is 5.73 Å². The van der Waals surface area contributed by atoms with Crippen molar-refractivity contribution < 1.29 is 0 Å². The van der Waals surface area contributed by atoms with Crippen LogP contribution in [-0.2, 0) is 0 Å². The number of nitrogen functional groups attached to an aromatic ring is 1. The van der Waals surface area contributed by atoms with Crippen molar-refractivity contribution in [2.75, 3.05) is 5.73 Å². The second kappa shape index (κ2) is 3.94. The van der Waals surface area contributed by atoms with E-state index >= 15 is 0 Å².